The normalized spacial score (nSPS) is 37.1. The summed E-state index contributed by atoms with van der Waals surface area (Å²) in [6, 6.07) is 8.08. The van der Waals surface area contributed by atoms with Gasteiger partial charge in [0.1, 0.15) is 17.8 Å². The average Bonchev–Trinajstić information content (AvgIpc) is 3.55. The minimum Gasteiger partial charge on any atom is -0.494 e. The van der Waals surface area contributed by atoms with E-state index in [9.17, 15) is 20.0 Å². The van der Waals surface area contributed by atoms with Crippen LogP contribution in [0, 0.1) is 34.5 Å². The van der Waals surface area contributed by atoms with Crippen LogP contribution in [0.2, 0.25) is 0 Å². The quantitative estimate of drug-likeness (QED) is 0.396. The zero-order valence-electron chi connectivity index (χ0n) is 23.0. The number of nitrogens with one attached hydrogen (secondary N) is 1. The maximum absolute atomic E-state index is 14.3. The van der Waals surface area contributed by atoms with Gasteiger partial charge in [-0.15, -0.1) is 0 Å². The number of nitrogens with zero attached hydrogens (tertiary/aromatic N) is 2. The first kappa shape index (κ1) is 26.6. The molecule has 2 amide bonds. The number of rotatable bonds is 10. The molecule has 4 N–H and O–H groups in total. The number of hydrogen-bond acceptors (Lipinski definition) is 6. The summed E-state index contributed by atoms with van der Waals surface area (Å²) in [6.45, 7) is 2.80. The van der Waals surface area contributed by atoms with Gasteiger partial charge in [-0.2, -0.15) is 5.26 Å². The molecule has 7 unspecified atom stereocenters. The number of carbonyl (C=O) groups excluding carboxylic acids is 2. The molecule has 5 aliphatic carbocycles. The zero-order valence-corrected chi connectivity index (χ0v) is 23.0. The fraction of sp³-hybridized carbons (Fsp3) is 0.710. The van der Waals surface area contributed by atoms with Crippen LogP contribution in [0.25, 0.3) is 0 Å². The van der Waals surface area contributed by atoms with E-state index in [4.69, 9.17) is 10.5 Å². The predicted molar refractivity (Wildman–Crippen MR) is 145 cm³/mol. The molecule has 1 saturated heterocycles. The molecule has 0 radical (unpaired) electrons. The largest absolute Gasteiger partial charge is 0.494 e. The number of hydrogen-bond donors (Lipinski definition) is 3. The third kappa shape index (κ3) is 5.04. The average molecular weight is 535 g/mol. The Balaban J connectivity index is 1.20. The molecule has 0 spiro atoms. The Bertz CT molecular complexity index is 1130. The van der Waals surface area contributed by atoms with Crippen molar-refractivity contribution in [3.8, 4) is 11.8 Å². The monoisotopic (exact) mass is 534 g/mol. The molecule has 1 aliphatic heterocycles. The summed E-state index contributed by atoms with van der Waals surface area (Å²) in [7, 11) is 0. The highest BCUT2D eigenvalue weighted by Gasteiger charge is 2.64. The summed E-state index contributed by atoms with van der Waals surface area (Å²) in [5.41, 5.74) is 6.10. The highest BCUT2D eigenvalue weighted by Crippen LogP contribution is 2.63. The zero-order chi connectivity index (χ0) is 27.4. The summed E-state index contributed by atoms with van der Waals surface area (Å²) in [5.74, 6) is 1.44. The Morgan fingerprint density at radius 2 is 1.90 bits per heavy atom. The summed E-state index contributed by atoms with van der Waals surface area (Å²) in [6.07, 6.45) is 8.91. The predicted octanol–water partition coefficient (Wildman–Crippen LogP) is 3.06. The molecule has 5 saturated carbocycles. The molecule has 6 aliphatic rings. The lowest BCUT2D eigenvalue weighted by atomic mass is 9.46. The van der Waals surface area contributed by atoms with Crippen molar-refractivity contribution in [3.63, 3.8) is 0 Å². The lowest BCUT2D eigenvalue weighted by Crippen LogP contribution is -2.67. The Morgan fingerprint density at radius 1 is 1.18 bits per heavy atom. The van der Waals surface area contributed by atoms with Gasteiger partial charge in [-0.3, -0.25) is 9.59 Å². The summed E-state index contributed by atoms with van der Waals surface area (Å²) < 4.78 is 5.74. The number of carbonyl (C=O) groups is 2. The van der Waals surface area contributed by atoms with E-state index in [1.807, 2.05) is 24.3 Å². The number of benzene rings is 1. The van der Waals surface area contributed by atoms with Gasteiger partial charge in [0.25, 0.3) is 0 Å². The molecule has 4 bridgehead atoms. The number of unbranched alkanes of at least 4 members (excludes halogenated alkanes) is 1. The van der Waals surface area contributed by atoms with Crippen LogP contribution in [0.15, 0.2) is 24.3 Å². The van der Waals surface area contributed by atoms with Gasteiger partial charge >= 0.3 is 0 Å². The van der Waals surface area contributed by atoms with Crippen LogP contribution in [0.5, 0.6) is 5.75 Å². The Hall–Kier alpha value is -2.63. The van der Waals surface area contributed by atoms with E-state index in [0.717, 1.165) is 62.7 Å². The van der Waals surface area contributed by atoms with Crippen LogP contribution in [-0.4, -0.2) is 58.2 Å². The van der Waals surface area contributed by atoms with Gasteiger partial charge in [-0.05, 0) is 99.7 Å². The fourth-order valence-corrected chi connectivity index (χ4v) is 8.79. The molecule has 1 aromatic carbocycles. The smallest absolute Gasteiger partial charge is 0.247 e. The molecule has 1 aromatic rings. The second-order valence-electron chi connectivity index (χ2n) is 13.3. The number of likely N-dealkylation sites (tertiary alicyclic amines) is 1. The maximum Gasteiger partial charge on any atom is 0.247 e. The summed E-state index contributed by atoms with van der Waals surface area (Å²) >= 11 is 0. The van der Waals surface area contributed by atoms with Crippen LogP contribution >= 0.6 is 0 Å². The van der Waals surface area contributed by atoms with E-state index in [-0.39, 0.29) is 17.9 Å². The molecule has 8 nitrogen and oxygen atoms in total. The van der Waals surface area contributed by atoms with Gasteiger partial charge in [0.2, 0.25) is 11.8 Å². The molecule has 8 heteroatoms. The molecular weight excluding hydrogens is 492 g/mol. The number of nitriles is 1. The molecule has 7 atom stereocenters. The van der Waals surface area contributed by atoms with Gasteiger partial charge in [-0.25, -0.2) is 0 Å². The highest BCUT2D eigenvalue weighted by atomic mass is 16.5. The first-order valence-corrected chi connectivity index (χ1v) is 14.9. The molecule has 210 valence electrons. The Kier molecular flexibility index (Phi) is 6.87. The minimum atomic E-state index is -0.817. The lowest BCUT2D eigenvalue weighted by Gasteiger charge is -2.62. The second kappa shape index (κ2) is 10.1. The van der Waals surface area contributed by atoms with Crippen molar-refractivity contribution < 1.29 is 19.4 Å². The Morgan fingerprint density at radius 3 is 2.54 bits per heavy atom. The first-order valence-electron chi connectivity index (χ1n) is 14.9. The molecule has 7 rings (SSSR count). The van der Waals surface area contributed by atoms with E-state index >= 15 is 0 Å². The fourth-order valence-electron chi connectivity index (χ4n) is 8.79. The summed E-state index contributed by atoms with van der Waals surface area (Å²) in [5, 5.41) is 24.3. The first-order chi connectivity index (χ1) is 18.7. The van der Waals surface area contributed by atoms with E-state index in [1.54, 1.807) is 4.90 Å². The van der Waals surface area contributed by atoms with Gasteiger partial charge < -0.3 is 25.8 Å². The number of piperidine rings is 1. The number of nitrogens with two attached hydrogens (primary N) is 1. The van der Waals surface area contributed by atoms with Crippen LogP contribution in [0.4, 0.5) is 0 Å². The number of aliphatic hydroxyl groups is 1. The van der Waals surface area contributed by atoms with Crippen molar-refractivity contribution in [1.29, 1.82) is 5.26 Å². The molecular formula is C31H42N4O4. The lowest BCUT2D eigenvalue weighted by molar-refractivity contribution is -0.182. The van der Waals surface area contributed by atoms with Crippen molar-refractivity contribution >= 4 is 11.8 Å². The van der Waals surface area contributed by atoms with E-state index in [1.165, 1.54) is 0 Å². The molecule has 6 fully saturated rings. The second-order valence-corrected chi connectivity index (χ2v) is 13.3. The SMILES string of the molecule is CCCCOc1ccc(CC(N)C(=O)NC(C(=O)N2C(C#N)CC3CC32)C23CC4CC(CC(O)(C4)C2)C3)cc1. The van der Waals surface area contributed by atoms with Crippen molar-refractivity contribution in [3.05, 3.63) is 29.8 Å². The number of fused-ring (bicyclic) bond motifs is 1. The third-order valence-corrected chi connectivity index (χ3v) is 10.2. The summed E-state index contributed by atoms with van der Waals surface area (Å²) in [4.78, 5) is 29.6. The standard InChI is InChI=1S/C31H42N4O4/c1-2-3-8-39-24-6-4-19(5-7-24)10-25(33)28(36)34-27(29(37)35-23(17-32)11-22-12-26(22)35)30-13-20-9-21(14-30)16-31(38,15-20)18-30/h4-7,20-23,25-27,38H,2-3,8-16,18,33H2,1H3,(H,34,36). The van der Waals surface area contributed by atoms with Crippen LogP contribution in [0.3, 0.4) is 0 Å². The number of ether oxygens (including phenoxy) is 1. The van der Waals surface area contributed by atoms with Crippen LogP contribution in [0.1, 0.15) is 76.7 Å². The molecule has 1 heterocycles. The van der Waals surface area contributed by atoms with Crippen molar-refractivity contribution in [2.75, 3.05) is 6.61 Å². The molecule has 39 heavy (non-hydrogen) atoms. The van der Waals surface area contributed by atoms with Crippen LogP contribution in [-0.2, 0) is 16.0 Å². The van der Waals surface area contributed by atoms with Crippen molar-refractivity contribution in [2.24, 2.45) is 28.9 Å². The van der Waals surface area contributed by atoms with Gasteiger partial charge in [0.05, 0.1) is 24.3 Å². The maximum atomic E-state index is 14.3. The Labute approximate surface area is 231 Å². The van der Waals surface area contributed by atoms with Gasteiger partial charge in [-0.1, -0.05) is 25.5 Å². The highest BCUT2D eigenvalue weighted by molar-refractivity contribution is 5.91. The van der Waals surface area contributed by atoms with Gasteiger partial charge in [0, 0.05) is 11.5 Å². The van der Waals surface area contributed by atoms with Gasteiger partial charge in [0.15, 0.2) is 0 Å². The van der Waals surface area contributed by atoms with E-state index in [2.05, 4.69) is 18.3 Å². The molecule has 0 aromatic heterocycles. The number of amides is 2. The minimum absolute atomic E-state index is 0.102. The van der Waals surface area contributed by atoms with E-state index < -0.39 is 29.1 Å². The topological polar surface area (TPSA) is 129 Å². The van der Waals surface area contributed by atoms with Crippen molar-refractivity contribution in [2.45, 2.75) is 107 Å². The van der Waals surface area contributed by atoms with E-state index in [0.29, 0.717) is 43.6 Å². The van der Waals surface area contributed by atoms with Crippen LogP contribution < -0.4 is 15.8 Å². The third-order valence-electron chi connectivity index (χ3n) is 10.2. The van der Waals surface area contributed by atoms with Crippen molar-refractivity contribution in [1.82, 2.24) is 10.2 Å².